The number of hydrogen-bond donors (Lipinski definition) is 0. The van der Waals surface area contributed by atoms with Gasteiger partial charge in [-0.2, -0.15) is 0 Å². The van der Waals surface area contributed by atoms with Crippen LogP contribution in [0.1, 0.15) is 19.4 Å². The summed E-state index contributed by atoms with van der Waals surface area (Å²) in [7, 11) is 1.35. The predicted octanol–water partition coefficient (Wildman–Crippen LogP) is 3.18. The molecule has 32 heavy (non-hydrogen) atoms. The second-order valence-corrected chi connectivity index (χ2v) is 9.25. The number of methoxy groups -OCH3 is 1. The van der Waals surface area contributed by atoms with Crippen molar-refractivity contribution >= 4 is 23.5 Å². The van der Waals surface area contributed by atoms with Gasteiger partial charge in [-0.15, -0.1) is 0 Å². The van der Waals surface area contributed by atoms with Crippen LogP contribution in [0.2, 0.25) is 0 Å². The highest BCUT2D eigenvalue weighted by Gasteiger charge is 2.66. The molecule has 2 aromatic rings. The fourth-order valence-corrected chi connectivity index (χ4v) is 5.79. The van der Waals surface area contributed by atoms with Crippen LogP contribution < -0.4 is 4.90 Å². The zero-order valence-electron chi connectivity index (χ0n) is 18.4. The number of rotatable bonds is 4. The predicted molar refractivity (Wildman–Crippen MR) is 119 cm³/mol. The van der Waals surface area contributed by atoms with Crippen LogP contribution in [0.25, 0.3) is 0 Å². The number of piperidine rings is 1. The number of para-hydroxylation sites is 1. The summed E-state index contributed by atoms with van der Waals surface area (Å²) in [5.41, 5.74) is 1.71. The molecule has 6 nitrogen and oxygen atoms in total. The quantitative estimate of drug-likeness (QED) is 0.551. The van der Waals surface area contributed by atoms with E-state index in [0.29, 0.717) is 17.8 Å². The molecule has 0 radical (unpaired) electrons. The summed E-state index contributed by atoms with van der Waals surface area (Å²) in [5.74, 6) is -2.28. The van der Waals surface area contributed by atoms with Gasteiger partial charge in [0.2, 0.25) is 11.8 Å². The molecular formula is C26H26N2O4. The van der Waals surface area contributed by atoms with Crippen LogP contribution in [0, 0.1) is 17.8 Å². The molecule has 3 aliphatic heterocycles. The summed E-state index contributed by atoms with van der Waals surface area (Å²) in [6.07, 6.45) is 1.89. The topological polar surface area (TPSA) is 66.9 Å². The number of carbonyl (C=O) groups excluding carboxylic acids is 3. The van der Waals surface area contributed by atoms with Gasteiger partial charge in [-0.25, -0.2) is 9.69 Å². The van der Waals surface area contributed by atoms with E-state index in [-0.39, 0.29) is 17.7 Å². The maximum absolute atomic E-state index is 13.7. The van der Waals surface area contributed by atoms with Crippen molar-refractivity contribution in [3.8, 4) is 0 Å². The molecule has 3 heterocycles. The molecule has 1 aliphatic carbocycles. The molecule has 2 bridgehead atoms. The summed E-state index contributed by atoms with van der Waals surface area (Å²) >= 11 is 0. The molecule has 164 valence electrons. The average molecular weight is 431 g/mol. The van der Waals surface area contributed by atoms with Gasteiger partial charge in [-0.1, -0.05) is 54.6 Å². The van der Waals surface area contributed by atoms with E-state index in [1.807, 2.05) is 54.6 Å². The van der Waals surface area contributed by atoms with E-state index in [0.717, 1.165) is 5.56 Å². The normalized spacial score (nSPS) is 28.5. The van der Waals surface area contributed by atoms with Crippen LogP contribution in [0.5, 0.6) is 0 Å². The summed E-state index contributed by atoms with van der Waals surface area (Å²) in [6.45, 7) is 4.76. The van der Waals surface area contributed by atoms with Gasteiger partial charge in [0.05, 0.1) is 36.2 Å². The van der Waals surface area contributed by atoms with Gasteiger partial charge in [-0.05, 0) is 31.5 Å². The average Bonchev–Trinajstić information content (AvgIpc) is 3.07. The van der Waals surface area contributed by atoms with E-state index in [9.17, 15) is 14.4 Å². The first-order valence-electron chi connectivity index (χ1n) is 10.9. The molecule has 0 N–H and O–H groups in total. The highest BCUT2D eigenvalue weighted by Crippen LogP contribution is 2.55. The number of carbonyl (C=O) groups is 3. The number of imide groups is 1. The Morgan fingerprint density at radius 2 is 1.53 bits per heavy atom. The molecule has 6 rings (SSSR count). The van der Waals surface area contributed by atoms with Crippen molar-refractivity contribution in [1.29, 1.82) is 0 Å². The van der Waals surface area contributed by atoms with E-state index < -0.39 is 29.4 Å². The van der Waals surface area contributed by atoms with Gasteiger partial charge in [0.25, 0.3) is 0 Å². The number of nitrogens with zero attached hydrogens (tertiary/aromatic N) is 2. The van der Waals surface area contributed by atoms with E-state index >= 15 is 0 Å². The van der Waals surface area contributed by atoms with Crippen LogP contribution in [0.15, 0.2) is 72.3 Å². The van der Waals surface area contributed by atoms with E-state index in [4.69, 9.17) is 4.74 Å². The first-order valence-corrected chi connectivity index (χ1v) is 10.9. The third-order valence-corrected chi connectivity index (χ3v) is 7.33. The zero-order valence-corrected chi connectivity index (χ0v) is 18.4. The van der Waals surface area contributed by atoms with Crippen LogP contribution in [0.3, 0.4) is 0 Å². The molecule has 6 heteroatoms. The van der Waals surface area contributed by atoms with E-state index in [1.165, 1.54) is 12.0 Å². The maximum atomic E-state index is 13.7. The van der Waals surface area contributed by atoms with E-state index in [1.54, 1.807) is 12.1 Å². The fraction of sp³-hybridized carbons (Fsp3) is 0.346. The Morgan fingerprint density at radius 1 is 0.938 bits per heavy atom. The standard InChI is InChI=1S/C26H26N2O4/c1-26(2)19-14-18(25(31)32-3)22(27(26)15-16-10-6-4-7-11-16)21-20(19)23(29)28(24(21)30)17-12-8-5-9-13-17/h4-14,19-22H,15H2,1-3H3. The molecule has 2 fully saturated rings. The number of ether oxygens (including phenoxy) is 1. The van der Waals surface area contributed by atoms with Gasteiger partial charge < -0.3 is 4.74 Å². The van der Waals surface area contributed by atoms with Crippen molar-refractivity contribution in [1.82, 2.24) is 4.90 Å². The molecular weight excluding hydrogens is 404 g/mol. The SMILES string of the molecule is COC(=O)C1=CC2C3C(=O)N(c4ccccc4)C(=O)C3C1N(Cc1ccccc1)C2(C)C. The third kappa shape index (κ3) is 2.86. The molecule has 0 aromatic heterocycles. The van der Waals surface area contributed by atoms with Crippen molar-refractivity contribution in [2.75, 3.05) is 12.0 Å². The monoisotopic (exact) mass is 430 g/mol. The minimum absolute atomic E-state index is 0.186. The number of esters is 1. The van der Waals surface area contributed by atoms with Crippen molar-refractivity contribution in [3.63, 3.8) is 0 Å². The van der Waals surface area contributed by atoms with Gasteiger partial charge in [0.15, 0.2) is 0 Å². The fourth-order valence-electron chi connectivity index (χ4n) is 5.79. The number of anilines is 1. The number of fused-ring (bicyclic) bond motifs is 1. The Morgan fingerprint density at radius 3 is 2.16 bits per heavy atom. The van der Waals surface area contributed by atoms with Crippen LogP contribution in [-0.4, -0.2) is 41.4 Å². The minimum Gasteiger partial charge on any atom is -0.466 e. The number of benzene rings is 2. The lowest BCUT2D eigenvalue weighted by atomic mass is 9.59. The highest BCUT2D eigenvalue weighted by molar-refractivity contribution is 6.23. The Balaban J connectivity index is 1.63. The Hall–Kier alpha value is -3.25. The van der Waals surface area contributed by atoms with Crippen LogP contribution in [-0.2, 0) is 25.7 Å². The molecule has 2 amide bonds. The molecule has 2 aromatic carbocycles. The second kappa shape index (κ2) is 7.41. The van der Waals surface area contributed by atoms with Crippen LogP contribution >= 0.6 is 0 Å². The molecule has 2 saturated heterocycles. The Labute approximate surface area is 187 Å². The molecule has 0 spiro atoms. The summed E-state index contributed by atoms with van der Waals surface area (Å²) < 4.78 is 5.09. The summed E-state index contributed by atoms with van der Waals surface area (Å²) in [5, 5.41) is 0. The first kappa shape index (κ1) is 20.6. The van der Waals surface area contributed by atoms with Gasteiger partial charge in [0.1, 0.15) is 0 Å². The zero-order chi connectivity index (χ0) is 22.6. The van der Waals surface area contributed by atoms with Crippen molar-refractivity contribution in [2.45, 2.75) is 32.0 Å². The lowest BCUT2D eigenvalue weighted by molar-refractivity contribution is -0.147. The summed E-state index contributed by atoms with van der Waals surface area (Å²) in [6, 6.07) is 18.5. The summed E-state index contributed by atoms with van der Waals surface area (Å²) in [4.78, 5) is 43.6. The first-order chi connectivity index (χ1) is 15.4. The minimum atomic E-state index is -0.622. The molecule has 4 aliphatic rings. The maximum Gasteiger partial charge on any atom is 0.335 e. The Bertz CT molecular complexity index is 1110. The largest absolute Gasteiger partial charge is 0.466 e. The van der Waals surface area contributed by atoms with Crippen molar-refractivity contribution < 1.29 is 19.1 Å². The van der Waals surface area contributed by atoms with E-state index in [2.05, 4.69) is 18.7 Å². The number of amides is 2. The smallest absolute Gasteiger partial charge is 0.335 e. The third-order valence-electron chi connectivity index (χ3n) is 7.33. The highest BCUT2D eigenvalue weighted by atomic mass is 16.5. The second-order valence-electron chi connectivity index (χ2n) is 9.25. The van der Waals surface area contributed by atoms with Gasteiger partial charge in [-0.3, -0.25) is 14.5 Å². The lowest BCUT2D eigenvalue weighted by Gasteiger charge is -2.58. The Kier molecular flexibility index (Phi) is 4.78. The van der Waals surface area contributed by atoms with Crippen molar-refractivity contribution in [3.05, 3.63) is 77.9 Å². The van der Waals surface area contributed by atoms with Gasteiger partial charge >= 0.3 is 5.97 Å². The van der Waals surface area contributed by atoms with Gasteiger partial charge in [0, 0.05) is 18.0 Å². The lowest BCUT2D eigenvalue weighted by Crippen LogP contribution is -2.68. The molecule has 4 unspecified atom stereocenters. The van der Waals surface area contributed by atoms with Crippen LogP contribution in [0.4, 0.5) is 5.69 Å². The number of hydrogen-bond acceptors (Lipinski definition) is 5. The van der Waals surface area contributed by atoms with Crippen molar-refractivity contribution in [2.24, 2.45) is 17.8 Å². The molecule has 0 saturated carbocycles. The molecule has 4 atom stereocenters.